The lowest BCUT2D eigenvalue weighted by atomic mass is 9.80. The smallest absolute Gasteiger partial charge is 0.118 e. The van der Waals surface area contributed by atoms with Gasteiger partial charge in [-0.3, -0.25) is 0 Å². The minimum Gasteiger partial charge on any atom is -0.497 e. The van der Waals surface area contributed by atoms with Crippen molar-refractivity contribution in [1.82, 2.24) is 0 Å². The molecule has 0 unspecified atom stereocenters. The van der Waals surface area contributed by atoms with Crippen molar-refractivity contribution in [3.8, 4) is 5.75 Å². The first-order valence-corrected chi connectivity index (χ1v) is 18.8. The van der Waals surface area contributed by atoms with E-state index in [0.29, 0.717) is 32.0 Å². The molecule has 280 valence electrons. The molecule has 55 heavy (non-hydrogen) atoms. The van der Waals surface area contributed by atoms with Crippen LogP contribution in [0.5, 0.6) is 5.75 Å². The maximum atomic E-state index is 9.35. The summed E-state index contributed by atoms with van der Waals surface area (Å²) >= 11 is 6.84. The first kappa shape index (κ1) is 32.3. The maximum absolute atomic E-state index is 9.35. The lowest BCUT2D eigenvalue weighted by Gasteiger charge is -2.42. The molecular formula is C49H47ClO5. The van der Waals surface area contributed by atoms with Crippen LogP contribution < -0.4 is 4.74 Å². The number of hydrogen-bond acceptors (Lipinski definition) is 5. The Kier molecular flexibility index (Phi) is 11.5. The second-order valence-electron chi connectivity index (χ2n) is 13.5. The van der Waals surface area contributed by atoms with Crippen molar-refractivity contribution in [3.63, 3.8) is 0 Å². The average molecular weight is 756 g/mol. The van der Waals surface area contributed by atoms with Gasteiger partial charge in [-0.15, -0.1) is 0 Å². The predicted molar refractivity (Wildman–Crippen MR) is 220 cm³/mol. The monoisotopic (exact) mass is 755 g/mol. The van der Waals surface area contributed by atoms with E-state index in [1.807, 2.05) is 127 Å². The molecule has 0 spiro atoms. The van der Waals surface area contributed by atoms with Crippen LogP contribution in [-0.4, -0.2) is 32.0 Å². The van der Waals surface area contributed by atoms with E-state index in [4.69, 9.17) is 39.4 Å². The van der Waals surface area contributed by atoms with Crippen molar-refractivity contribution < 1.29 is 30.5 Å². The van der Waals surface area contributed by atoms with Crippen LogP contribution in [0.15, 0.2) is 170 Å². The van der Waals surface area contributed by atoms with Gasteiger partial charge < -0.3 is 23.7 Å². The zero-order chi connectivity index (χ0) is 42.0. The number of halogens is 1. The van der Waals surface area contributed by atoms with Gasteiger partial charge in [0.25, 0.3) is 0 Å². The molecule has 0 radical (unpaired) electrons. The number of rotatable bonds is 17. The summed E-state index contributed by atoms with van der Waals surface area (Å²) in [6.07, 6.45) is -1.77. The molecule has 6 heteroatoms. The molecule has 0 aliphatic heterocycles. The molecule has 0 saturated heterocycles. The van der Waals surface area contributed by atoms with E-state index in [9.17, 15) is 2.74 Å². The van der Waals surface area contributed by atoms with Crippen LogP contribution in [0.25, 0.3) is 5.57 Å². The molecule has 0 saturated carbocycles. The Bertz CT molecular complexity index is 2280. The van der Waals surface area contributed by atoms with Gasteiger partial charge in [0.05, 0.1) is 50.3 Å². The van der Waals surface area contributed by atoms with Gasteiger partial charge in [-0.05, 0) is 75.2 Å². The minimum absolute atomic E-state index is 0.103. The van der Waals surface area contributed by atoms with E-state index >= 15 is 0 Å². The fourth-order valence-corrected chi connectivity index (χ4v) is 6.91. The van der Waals surface area contributed by atoms with Crippen molar-refractivity contribution in [3.05, 3.63) is 214 Å². The van der Waals surface area contributed by atoms with E-state index < -0.39 is 31.7 Å². The van der Waals surface area contributed by atoms with Gasteiger partial charge in [0.15, 0.2) is 0 Å². The molecule has 0 N–H and O–H groups in total. The van der Waals surface area contributed by atoms with Crippen molar-refractivity contribution in [2.45, 2.75) is 51.1 Å². The zero-order valence-corrected chi connectivity index (χ0v) is 31.2. The first-order chi connectivity index (χ1) is 29.0. The van der Waals surface area contributed by atoms with Crippen LogP contribution in [0, 0.1) is 5.92 Å². The summed E-state index contributed by atoms with van der Waals surface area (Å²) in [7, 11) is -2.64. The zero-order valence-electron chi connectivity index (χ0n) is 35.4. The Balaban J connectivity index is 1.31. The van der Waals surface area contributed by atoms with Crippen LogP contribution in [0.3, 0.4) is 0 Å². The summed E-state index contributed by atoms with van der Waals surface area (Å²) in [5.41, 5.74) is 6.02. The third kappa shape index (κ3) is 10.6. The topological polar surface area (TPSA) is 46.2 Å². The van der Waals surface area contributed by atoms with Crippen molar-refractivity contribution >= 4 is 17.2 Å². The van der Waals surface area contributed by atoms with Crippen LogP contribution in [-0.2, 0) is 51.7 Å². The van der Waals surface area contributed by atoms with Crippen LogP contribution >= 0.6 is 11.6 Å². The largest absolute Gasteiger partial charge is 0.497 e. The molecule has 1 aliphatic carbocycles. The summed E-state index contributed by atoms with van der Waals surface area (Å²) in [6, 6.07) is 51.2. The number of methoxy groups -OCH3 is 1. The summed E-state index contributed by atoms with van der Waals surface area (Å²) in [5, 5.41) is 0.230. The first-order valence-electron chi connectivity index (χ1n) is 20.9. The van der Waals surface area contributed by atoms with Gasteiger partial charge in [0, 0.05) is 13.7 Å². The second kappa shape index (κ2) is 19.5. The predicted octanol–water partition coefficient (Wildman–Crippen LogP) is 10.9. The SMILES string of the molecule is [2H]C([2H])([2H])Oc1ccc(C([2H])([2H])c2cc(C3=C[C@H](COCc4ccccc4)[C@@H](OCc4ccccc4)[C@H](OCc4ccccc4)[C@H]3OCc3ccccc3)ccc2Cl)cc1. The van der Waals surface area contributed by atoms with E-state index in [1.165, 1.54) is 24.3 Å². The Labute approximate surface area is 337 Å². The van der Waals surface area contributed by atoms with Gasteiger partial charge >= 0.3 is 0 Å². The Hall–Kier alpha value is -5.01. The van der Waals surface area contributed by atoms with Crippen LogP contribution in [0.4, 0.5) is 0 Å². The molecule has 0 aromatic heterocycles. The van der Waals surface area contributed by atoms with Gasteiger partial charge in [0.2, 0.25) is 0 Å². The molecule has 4 atom stereocenters. The lowest BCUT2D eigenvalue weighted by molar-refractivity contribution is -0.158. The molecule has 0 fully saturated rings. The molecular weight excluding hydrogens is 704 g/mol. The van der Waals surface area contributed by atoms with Crippen LogP contribution in [0.2, 0.25) is 5.02 Å². The average Bonchev–Trinajstić information content (AvgIpc) is 3.25. The second-order valence-corrected chi connectivity index (χ2v) is 13.9. The molecule has 0 heterocycles. The summed E-state index contributed by atoms with van der Waals surface area (Å²) in [4.78, 5) is 0. The highest BCUT2D eigenvalue weighted by molar-refractivity contribution is 6.31. The Morgan fingerprint density at radius 3 is 1.65 bits per heavy atom. The summed E-state index contributed by atoms with van der Waals surface area (Å²) in [5.74, 6) is -0.210. The van der Waals surface area contributed by atoms with Gasteiger partial charge in [-0.25, -0.2) is 0 Å². The highest BCUT2D eigenvalue weighted by Gasteiger charge is 2.43. The number of benzene rings is 6. The van der Waals surface area contributed by atoms with Crippen molar-refractivity contribution in [2.75, 3.05) is 13.6 Å². The molecule has 1 aliphatic rings. The normalized spacial score (nSPS) is 19.9. The lowest BCUT2D eigenvalue weighted by Crippen LogP contribution is -2.50. The maximum Gasteiger partial charge on any atom is 0.118 e. The summed E-state index contributed by atoms with van der Waals surface area (Å²) < 4.78 is 73.3. The van der Waals surface area contributed by atoms with Crippen LogP contribution in [0.1, 0.15) is 45.8 Å². The van der Waals surface area contributed by atoms with Gasteiger partial charge in [-0.2, -0.15) is 0 Å². The third-order valence-electron chi connectivity index (χ3n) is 9.56. The van der Waals surface area contributed by atoms with Gasteiger partial charge in [0.1, 0.15) is 18.0 Å². The molecule has 6 aromatic rings. The fourth-order valence-electron chi connectivity index (χ4n) is 6.75. The third-order valence-corrected chi connectivity index (χ3v) is 9.89. The van der Waals surface area contributed by atoms with Crippen molar-refractivity contribution in [2.24, 2.45) is 5.92 Å². The Morgan fingerprint density at radius 1 is 0.564 bits per heavy atom. The summed E-state index contributed by atoms with van der Waals surface area (Å²) in [6.45, 7) is 1.61. The number of ether oxygens (including phenoxy) is 5. The molecule has 7 rings (SSSR count). The Morgan fingerprint density at radius 2 is 1.09 bits per heavy atom. The molecule has 6 aromatic carbocycles. The minimum atomic E-state index is -2.64. The van der Waals surface area contributed by atoms with E-state index in [-0.39, 0.29) is 34.4 Å². The highest BCUT2D eigenvalue weighted by atomic mass is 35.5. The van der Waals surface area contributed by atoms with E-state index in [2.05, 4.69) is 6.08 Å². The quantitative estimate of drug-likeness (QED) is 0.0928. The van der Waals surface area contributed by atoms with E-state index in [0.717, 1.165) is 27.8 Å². The van der Waals surface area contributed by atoms with Gasteiger partial charge in [-0.1, -0.05) is 157 Å². The van der Waals surface area contributed by atoms with Crippen molar-refractivity contribution in [1.29, 1.82) is 0 Å². The van der Waals surface area contributed by atoms with E-state index in [1.54, 1.807) is 12.1 Å². The molecule has 0 amide bonds. The fraction of sp³-hybridized carbons (Fsp3) is 0.224. The standard InChI is InChI=1S/C49H47ClO5/c1-51-44-25-22-36(23-26-44)28-42-29-41(24-27-46(42)50)45-30-43(35-52-31-37-14-6-2-7-15-37)47(53-32-38-16-8-3-9-17-38)49(55-34-40-20-12-5-13-21-40)48(45)54-33-39-18-10-4-11-19-39/h2-27,29-30,43,47-49H,28,31-35H2,1H3/t43-,47-,48+,49+/m1/s1/i1D3,28D2. The molecule has 0 bridgehead atoms. The molecule has 5 nitrogen and oxygen atoms in total. The number of hydrogen-bond donors (Lipinski definition) is 0. The highest BCUT2D eigenvalue weighted by Crippen LogP contribution is 2.39.